The highest BCUT2D eigenvalue weighted by Crippen LogP contribution is 2.26. The Morgan fingerprint density at radius 3 is 1.82 bits per heavy atom. The summed E-state index contributed by atoms with van der Waals surface area (Å²) in [6, 6.07) is 25.9. The Hall–Kier alpha value is -6.06. The van der Waals surface area contributed by atoms with Gasteiger partial charge in [0.15, 0.2) is 17.5 Å². The van der Waals surface area contributed by atoms with E-state index >= 15 is 0 Å². The third kappa shape index (κ3) is 8.97. The number of H-pyrrole nitrogens is 1. The summed E-state index contributed by atoms with van der Waals surface area (Å²) in [7, 11) is 0. The Labute approximate surface area is 256 Å². The van der Waals surface area contributed by atoms with E-state index in [1.807, 2.05) is 79.7 Å². The number of rotatable bonds is 7. The minimum Gasteiger partial charge on any atom is -0.381 e. The number of aromatic amines is 1. The maximum atomic E-state index is 8.99. The van der Waals surface area contributed by atoms with E-state index in [0.717, 1.165) is 29.8 Å². The molecular formula is C32H36N12. The molecule has 0 bridgehead atoms. The predicted molar refractivity (Wildman–Crippen MR) is 169 cm³/mol. The van der Waals surface area contributed by atoms with E-state index in [9.17, 15) is 0 Å². The van der Waals surface area contributed by atoms with Crippen LogP contribution >= 0.6 is 0 Å². The molecule has 5 rings (SSSR count). The van der Waals surface area contributed by atoms with Crippen LogP contribution in [0.3, 0.4) is 0 Å². The zero-order chi connectivity index (χ0) is 32.1. The van der Waals surface area contributed by atoms with E-state index in [1.54, 1.807) is 21.8 Å². The topological polar surface area (TPSA) is 214 Å². The molecule has 12 nitrogen and oxygen atoms in total. The number of nitrogens with zero attached hydrogens (tertiary/aromatic N) is 8. The van der Waals surface area contributed by atoms with Gasteiger partial charge in [0, 0.05) is 24.9 Å². The van der Waals surface area contributed by atoms with E-state index in [1.165, 1.54) is 0 Å². The van der Waals surface area contributed by atoms with Crippen molar-refractivity contribution < 1.29 is 0 Å². The van der Waals surface area contributed by atoms with Gasteiger partial charge >= 0.3 is 0 Å². The molecule has 1 atom stereocenters. The SMILES string of the molecule is CC(C)CCn1cc(C#N)c(N)n1.CC(c1ccccc1)c1[nH]nc(N)c1C#N.N#Cc1cn(Cc2ccccc2)nc1N. The van der Waals surface area contributed by atoms with Crippen LogP contribution in [0.15, 0.2) is 73.1 Å². The second-order valence-corrected chi connectivity index (χ2v) is 10.4. The largest absolute Gasteiger partial charge is 0.381 e. The lowest BCUT2D eigenvalue weighted by molar-refractivity contribution is 0.488. The number of nitrogens with two attached hydrogens (primary N) is 3. The first kappa shape index (κ1) is 32.5. The standard InChI is InChI=1S/C12H12N4.C11H10N4.C9H14N4/c1-8(9-5-3-2-4-6-9)11-10(7-13)12(14)16-15-11;12-6-10-8-15(14-11(10)13)7-9-4-2-1-3-5-9;1-7(2)3-4-13-6-8(5-10)9(11)12-13/h2-6,8H,1H3,(H3,14,15,16);1-5,8H,7H2,(H2,13,14);6-7H,3-4H2,1-2H3,(H2,11,12). The second kappa shape index (κ2) is 15.8. The molecule has 0 saturated carbocycles. The number of nitriles is 3. The van der Waals surface area contributed by atoms with Gasteiger partial charge in [-0.25, -0.2) is 0 Å². The monoisotopic (exact) mass is 588 g/mol. The highest BCUT2D eigenvalue weighted by atomic mass is 15.3. The van der Waals surface area contributed by atoms with Crippen LogP contribution in [0.25, 0.3) is 0 Å². The molecule has 12 heteroatoms. The molecular weight excluding hydrogens is 552 g/mol. The number of nitrogen functional groups attached to an aromatic ring is 3. The summed E-state index contributed by atoms with van der Waals surface area (Å²) in [6.45, 7) is 7.77. The molecule has 0 saturated heterocycles. The molecule has 0 aliphatic carbocycles. The maximum absolute atomic E-state index is 8.99. The number of aromatic nitrogens is 6. The number of nitrogens with one attached hydrogen (secondary N) is 1. The van der Waals surface area contributed by atoms with Crippen molar-refractivity contribution in [2.75, 3.05) is 17.2 Å². The van der Waals surface area contributed by atoms with Gasteiger partial charge in [0.05, 0.1) is 12.2 Å². The lowest BCUT2D eigenvalue weighted by Gasteiger charge is -2.09. The fraction of sp³-hybridized carbons (Fsp3) is 0.250. The highest BCUT2D eigenvalue weighted by molar-refractivity contribution is 5.53. The third-order valence-electron chi connectivity index (χ3n) is 6.61. The van der Waals surface area contributed by atoms with Crippen LogP contribution in [0.4, 0.5) is 17.5 Å². The molecule has 0 amide bonds. The molecule has 224 valence electrons. The quantitative estimate of drug-likeness (QED) is 0.205. The minimum absolute atomic E-state index is 0.0839. The van der Waals surface area contributed by atoms with Gasteiger partial charge in [0.2, 0.25) is 0 Å². The van der Waals surface area contributed by atoms with Gasteiger partial charge in [-0.15, -0.1) is 0 Å². The van der Waals surface area contributed by atoms with Gasteiger partial charge in [0.25, 0.3) is 0 Å². The van der Waals surface area contributed by atoms with Crippen LogP contribution in [-0.2, 0) is 13.1 Å². The number of hydrogen-bond acceptors (Lipinski definition) is 9. The highest BCUT2D eigenvalue weighted by Gasteiger charge is 2.17. The third-order valence-corrected chi connectivity index (χ3v) is 6.61. The molecule has 7 N–H and O–H groups in total. The first-order valence-corrected chi connectivity index (χ1v) is 14.0. The smallest absolute Gasteiger partial charge is 0.163 e. The Morgan fingerprint density at radius 2 is 1.30 bits per heavy atom. The van der Waals surface area contributed by atoms with Gasteiger partial charge in [-0.1, -0.05) is 81.4 Å². The van der Waals surface area contributed by atoms with E-state index in [0.29, 0.717) is 35.0 Å². The van der Waals surface area contributed by atoms with Crippen LogP contribution in [0.2, 0.25) is 0 Å². The van der Waals surface area contributed by atoms with Crippen molar-refractivity contribution in [2.45, 2.75) is 46.2 Å². The molecule has 1 unspecified atom stereocenters. The molecule has 0 fully saturated rings. The fourth-order valence-electron chi connectivity index (χ4n) is 4.11. The Bertz CT molecular complexity index is 1740. The van der Waals surface area contributed by atoms with Crippen molar-refractivity contribution in [3.05, 3.63) is 107 Å². The van der Waals surface area contributed by atoms with Crippen LogP contribution in [0, 0.1) is 39.9 Å². The molecule has 0 aliphatic rings. The molecule has 5 aromatic rings. The van der Waals surface area contributed by atoms with Crippen LogP contribution in [0.5, 0.6) is 0 Å². The summed E-state index contributed by atoms with van der Waals surface area (Å²) < 4.78 is 3.40. The van der Waals surface area contributed by atoms with Crippen LogP contribution in [0.1, 0.15) is 66.6 Å². The second-order valence-electron chi connectivity index (χ2n) is 10.4. The maximum Gasteiger partial charge on any atom is 0.163 e. The Kier molecular flexibility index (Phi) is 11.7. The summed E-state index contributed by atoms with van der Waals surface area (Å²) in [5.74, 6) is 1.59. The normalized spacial score (nSPS) is 10.8. The average Bonchev–Trinajstić information content (AvgIpc) is 3.71. The van der Waals surface area contributed by atoms with Gasteiger partial charge < -0.3 is 17.2 Å². The molecule has 3 heterocycles. The van der Waals surface area contributed by atoms with E-state index in [4.69, 9.17) is 33.0 Å². The van der Waals surface area contributed by atoms with E-state index < -0.39 is 0 Å². The zero-order valence-electron chi connectivity index (χ0n) is 25.0. The number of aryl methyl sites for hydroxylation is 1. The van der Waals surface area contributed by atoms with Crippen molar-refractivity contribution in [1.82, 2.24) is 29.8 Å². The van der Waals surface area contributed by atoms with Crippen molar-refractivity contribution in [3.63, 3.8) is 0 Å². The zero-order valence-corrected chi connectivity index (χ0v) is 25.0. The molecule has 44 heavy (non-hydrogen) atoms. The Balaban J connectivity index is 0.000000181. The van der Waals surface area contributed by atoms with Gasteiger partial charge in [-0.2, -0.15) is 31.1 Å². The van der Waals surface area contributed by atoms with Crippen LogP contribution in [-0.4, -0.2) is 29.8 Å². The number of hydrogen-bond donors (Lipinski definition) is 4. The summed E-state index contributed by atoms with van der Waals surface area (Å²) in [4.78, 5) is 0. The molecule has 2 aromatic carbocycles. The van der Waals surface area contributed by atoms with E-state index in [2.05, 4.69) is 40.3 Å². The fourth-order valence-corrected chi connectivity index (χ4v) is 4.11. The first-order valence-electron chi connectivity index (χ1n) is 14.0. The van der Waals surface area contributed by atoms with Gasteiger partial charge in [-0.05, 0) is 23.5 Å². The first-order chi connectivity index (χ1) is 21.2. The molecule has 0 aliphatic heterocycles. The summed E-state index contributed by atoms with van der Waals surface area (Å²) in [6.07, 6.45) is 4.39. The van der Waals surface area contributed by atoms with E-state index in [-0.39, 0.29) is 17.6 Å². The van der Waals surface area contributed by atoms with Gasteiger partial charge in [-0.3, -0.25) is 14.5 Å². The van der Waals surface area contributed by atoms with Crippen LogP contribution < -0.4 is 17.2 Å². The lowest BCUT2D eigenvalue weighted by Crippen LogP contribution is -2.02. The Morgan fingerprint density at radius 1 is 0.750 bits per heavy atom. The average molecular weight is 589 g/mol. The molecule has 0 radical (unpaired) electrons. The van der Waals surface area contributed by atoms with Crippen molar-refractivity contribution in [3.8, 4) is 18.2 Å². The predicted octanol–water partition coefficient (Wildman–Crippen LogP) is 4.78. The lowest BCUT2D eigenvalue weighted by atomic mass is 9.95. The minimum atomic E-state index is 0.0839. The van der Waals surface area contributed by atoms with Crippen molar-refractivity contribution >= 4 is 17.5 Å². The molecule has 3 aromatic heterocycles. The van der Waals surface area contributed by atoms with Crippen molar-refractivity contribution in [2.24, 2.45) is 5.92 Å². The van der Waals surface area contributed by atoms with Crippen molar-refractivity contribution in [1.29, 1.82) is 15.8 Å². The summed E-state index contributed by atoms with van der Waals surface area (Å²) >= 11 is 0. The number of benzene rings is 2. The summed E-state index contributed by atoms with van der Waals surface area (Å²) in [5.41, 5.74) is 21.0. The van der Waals surface area contributed by atoms with Gasteiger partial charge in [0.1, 0.15) is 34.9 Å². The summed E-state index contributed by atoms with van der Waals surface area (Å²) in [5, 5.41) is 41.1. The number of anilines is 3. The molecule has 0 spiro atoms.